The highest BCUT2D eigenvalue weighted by atomic mass is 35.5. The van der Waals surface area contributed by atoms with E-state index >= 15 is 0 Å². The van der Waals surface area contributed by atoms with E-state index in [0.29, 0.717) is 24.8 Å². The Hall–Kier alpha value is -0.610. The molecule has 1 aliphatic rings. The number of halogens is 1. The monoisotopic (exact) mass is 270 g/mol. The molecule has 1 aromatic carbocycles. The van der Waals surface area contributed by atoms with E-state index in [1.54, 1.807) is 7.11 Å². The second kappa shape index (κ2) is 5.57. The molecule has 18 heavy (non-hydrogen) atoms. The maximum Gasteiger partial charge on any atom is 0.184 e. The maximum absolute atomic E-state index is 6.18. The lowest BCUT2D eigenvalue weighted by Gasteiger charge is -2.25. The molecule has 1 aliphatic heterocycles. The summed E-state index contributed by atoms with van der Waals surface area (Å²) in [7, 11) is 1.70. The molecule has 2 rings (SSSR count). The molecule has 0 aromatic heterocycles. The molecule has 0 aliphatic carbocycles. The number of methoxy groups -OCH3 is 1. The molecule has 0 saturated carbocycles. The SMILES string of the molecule is COCC(C)(C)c1cc(Cl)cc(C2OCCO2)c1. The van der Waals surface area contributed by atoms with Gasteiger partial charge in [0.2, 0.25) is 0 Å². The number of ether oxygens (including phenoxy) is 3. The van der Waals surface area contributed by atoms with Crippen molar-refractivity contribution < 1.29 is 14.2 Å². The average Bonchev–Trinajstić information content (AvgIpc) is 2.81. The quantitative estimate of drug-likeness (QED) is 0.840. The van der Waals surface area contributed by atoms with E-state index < -0.39 is 0 Å². The smallest absolute Gasteiger partial charge is 0.184 e. The van der Waals surface area contributed by atoms with E-state index in [1.807, 2.05) is 12.1 Å². The first kappa shape index (κ1) is 13.8. The summed E-state index contributed by atoms with van der Waals surface area (Å²) in [5, 5.41) is 0.700. The van der Waals surface area contributed by atoms with Crippen molar-refractivity contribution in [1.82, 2.24) is 0 Å². The van der Waals surface area contributed by atoms with Crippen molar-refractivity contribution >= 4 is 11.6 Å². The summed E-state index contributed by atoms with van der Waals surface area (Å²) in [5.74, 6) is 0. The van der Waals surface area contributed by atoms with Gasteiger partial charge in [-0.2, -0.15) is 0 Å². The molecule has 3 nitrogen and oxygen atoms in total. The van der Waals surface area contributed by atoms with Crippen LogP contribution in [0, 0.1) is 0 Å². The van der Waals surface area contributed by atoms with Gasteiger partial charge < -0.3 is 14.2 Å². The van der Waals surface area contributed by atoms with Gasteiger partial charge in [0.05, 0.1) is 19.8 Å². The van der Waals surface area contributed by atoms with Gasteiger partial charge in [-0.15, -0.1) is 0 Å². The fourth-order valence-electron chi connectivity index (χ4n) is 2.13. The molecule has 0 radical (unpaired) electrons. The summed E-state index contributed by atoms with van der Waals surface area (Å²) in [6.45, 7) is 6.16. The lowest BCUT2D eigenvalue weighted by Crippen LogP contribution is -2.24. The minimum Gasteiger partial charge on any atom is -0.384 e. The van der Waals surface area contributed by atoms with E-state index in [1.165, 1.54) is 0 Å². The van der Waals surface area contributed by atoms with Crippen molar-refractivity contribution in [2.45, 2.75) is 25.6 Å². The highest BCUT2D eigenvalue weighted by Crippen LogP contribution is 2.32. The molecule has 0 spiro atoms. The maximum atomic E-state index is 6.18. The first-order valence-electron chi connectivity index (χ1n) is 6.06. The van der Waals surface area contributed by atoms with E-state index in [4.69, 9.17) is 25.8 Å². The third-order valence-electron chi connectivity index (χ3n) is 3.10. The van der Waals surface area contributed by atoms with Crippen LogP contribution >= 0.6 is 11.6 Å². The van der Waals surface area contributed by atoms with E-state index in [-0.39, 0.29) is 11.7 Å². The summed E-state index contributed by atoms with van der Waals surface area (Å²) in [6.07, 6.45) is -0.291. The summed E-state index contributed by atoms with van der Waals surface area (Å²) >= 11 is 6.18. The Labute approximate surface area is 113 Å². The zero-order valence-corrected chi connectivity index (χ0v) is 11.8. The molecule has 4 heteroatoms. The minimum atomic E-state index is -0.291. The normalized spacial score (nSPS) is 17.3. The van der Waals surface area contributed by atoms with E-state index in [9.17, 15) is 0 Å². The summed E-state index contributed by atoms with van der Waals surface area (Å²) in [4.78, 5) is 0. The number of hydrogen-bond acceptors (Lipinski definition) is 3. The van der Waals surface area contributed by atoms with E-state index in [2.05, 4.69) is 19.9 Å². The largest absolute Gasteiger partial charge is 0.384 e. The molecule has 0 amide bonds. The Balaban J connectivity index is 2.31. The van der Waals surface area contributed by atoms with Gasteiger partial charge in [-0.25, -0.2) is 0 Å². The van der Waals surface area contributed by atoms with Crippen molar-refractivity contribution in [2.75, 3.05) is 26.9 Å². The third-order valence-corrected chi connectivity index (χ3v) is 3.32. The van der Waals surface area contributed by atoms with Gasteiger partial charge in [0.25, 0.3) is 0 Å². The van der Waals surface area contributed by atoms with Crippen molar-refractivity contribution in [3.8, 4) is 0 Å². The van der Waals surface area contributed by atoms with Crippen LogP contribution in [0.5, 0.6) is 0 Å². The molecule has 1 fully saturated rings. The van der Waals surface area contributed by atoms with Crippen molar-refractivity contribution in [2.24, 2.45) is 0 Å². The second-order valence-corrected chi connectivity index (χ2v) is 5.60. The zero-order chi connectivity index (χ0) is 13.2. The van der Waals surface area contributed by atoms with Gasteiger partial charge in [0.1, 0.15) is 0 Å². The van der Waals surface area contributed by atoms with Crippen LogP contribution in [0.3, 0.4) is 0 Å². The molecule has 0 N–H and O–H groups in total. The van der Waals surface area contributed by atoms with Crippen LogP contribution < -0.4 is 0 Å². The predicted octanol–water partition coefficient (Wildman–Crippen LogP) is 3.31. The zero-order valence-electron chi connectivity index (χ0n) is 11.0. The van der Waals surface area contributed by atoms with Gasteiger partial charge in [-0.3, -0.25) is 0 Å². The van der Waals surface area contributed by atoms with E-state index in [0.717, 1.165) is 11.1 Å². The Bertz CT molecular complexity index is 412. The fraction of sp³-hybridized carbons (Fsp3) is 0.571. The highest BCUT2D eigenvalue weighted by molar-refractivity contribution is 6.30. The van der Waals surface area contributed by atoms with Gasteiger partial charge in [0.15, 0.2) is 6.29 Å². The topological polar surface area (TPSA) is 27.7 Å². The lowest BCUT2D eigenvalue weighted by molar-refractivity contribution is -0.0442. The van der Waals surface area contributed by atoms with Gasteiger partial charge in [-0.1, -0.05) is 31.5 Å². The number of hydrogen-bond donors (Lipinski definition) is 0. The Morgan fingerprint density at radius 2 is 1.94 bits per heavy atom. The van der Waals surface area contributed by atoms with Crippen LogP contribution in [0.1, 0.15) is 31.3 Å². The Kier molecular flexibility index (Phi) is 4.28. The molecule has 100 valence electrons. The number of benzene rings is 1. The highest BCUT2D eigenvalue weighted by Gasteiger charge is 2.25. The standard InChI is InChI=1S/C14H19ClO3/c1-14(2,9-16-3)11-6-10(7-12(15)8-11)13-17-4-5-18-13/h6-8,13H,4-5,9H2,1-3H3. The second-order valence-electron chi connectivity index (χ2n) is 5.16. The summed E-state index contributed by atoms with van der Waals surface area (Å²) in [5.41, 5.74) is 2.01. The van der Waals surface area contributed by atoms with Crippen LogP contribution in [-0.2, 0) is 19.6 Å². The summed E-state index contributed by atoms with van der Waals surface area (Å²) in [6, 6.07) is 5.95. The first-order valence-corrected chi connectivity index (χ1v) is 6.44. The average molecular weight is 271 g/mol. The van der Waals surface area contributed by atoms with Crippen molar-refractivity contribution in [1.29, 1.82) is 0 Å². The van der Waals surface area contributed by atoms with Crippen LogP contribution in [-0.4, -0.2) is 26.9 Å². The van der Waals surface area contributed by atoms with Gasteiger partial charge in [0, 0.05) is 23.1 Å². The van der Waals surface area contributed by atoms with Gasteiger partial charge >= 0.3 is 0 Å². The summed E-state index contributed by atoms with van der Waals surface area (Å²) < 4.78 is 16.3. The third kappa shape index (κ3) is 3.04. The van der Waals surface area contributed by atoms with Crippen LogP contribution in [0.25, 0.3) is 0 Å². The minimum absolute atomic E-state index is 0.0903. The molecular formula is C14H19ClO3. The molecule has 1 aromatic rings. The Morgan fingerprint density at radius 1 is 1.28 bits per heavy atom. The molecule has 0 bridgehead atoms. The lowest BCUT2D eigenvalue weighted by atomic mass is 9.84. The van der Waals surface area contributed by atoms with Crippen molar-refractivity contribution in [3.05, 3.63) is 34.3 Å². The number of rotatable bonds is 4. The van der Waals surface area contributed by atoms with Crippen LogP contribution in [0.2, 0.25) is 5.02 Å². The fourth-order valence-corrected chi connectivity index (χ4v) is 2.38. The predicted molar refractivity (Wildman–Crippen MR) is 71.0 cm³/mol. The molecule has 0 unspecified atom stereocenters. The van der Waals surface area contributed by atoms with Crippen LogP contribution in [0.15, 0.2) is 18.2 Å². The van der Waals surface area contributed by atoms with Crippen LogP contribution in [0.4, 0.5) is 0 Å². The molecule has 1 heterocycles. The van der Waals surface area contributed by atoms with Gasteiger partial charge in [-0.05, 0) is 17.7 Å². The first-order chi connectivity index (χ1) is 8.53. The molecule has 1 saturated heterocycles. The Morgan fingerprint density at radius 3 is 2.56 bits per heavy atom. The molecular weight excluding hydrogens is 252 g/mol. The van der Waals surface area contributed by atoms with Crippen molar-refractivity contribution in [3.63, 3.8) is 0 Å². The molecule has 0 atom stereocenters.